The fraction of sp³-hybridized carbons (Fsp3) is 0.143. The molecule has 1 aromatic heterocycles. The van der Waals surface area contributed by atoms with Crippen molar-refractivity contribution in [1.82, 2.24) is 4.98 Å². The number of nitrogens with two attached hydrogens (primary N) is 1. The fourth-order valence-electron chi connectivity index (χ4n) is 0.841. The van der Waals surface area contributed by atoms with E-state index in [1.807, 2.05) is 0 Å². The molecule has 0 atom stereocenters. The van der Waals surface area contributed by atoms with Crippen LogP contribution in [0.25, 0.3) is 0 Å². The van der Waals surface area contributed by atoms with Gasteiger partial charge in [-0.15, -0.1) is 0 Å². The summed E-state index contributed by atoms with van der Waals surface area (Å²) in [5.74, 6) is -2.60. The van der Waals surface area contributed by atoms with Gasteiger partial charge in [-0.3, -0.25) is 4.79 Å². The Balaban J connectivity index is 3.41. The Morgan fingerprint density at radius 2 is 2.14 bits per heavy atom. The minimum atomic E-state index is -3.14. The minimum absolute atomic E-state index is 0.678. The molecule has 1 aromatic rings. The monoisotopic (exact) mass is 224 g/mol. The molecule has 0 bridgehead atoms. The molecule has 0 fully saturated rings. The van der Waals surface area contributed by atoms with Crippen molar-refractivity contribution >= 4 is 17.5 Å². The predicted octanol–water partition coefficient (Wildman–Crippen LogP) is 1.91. The van der Waals surface area contributed by atoms with Gasteiger partial charge in [-0.2, -0.15) is 0 Å². The third-order valence-electron chi connectivity index (χ3n) is 1.49. The fourth-order valence-corrected chi connectivity index (χ4v) is 1.05. The van der Waals surface area contributed by atoms with E-state index in [1.165, 1.54) is 0 Å². The van der Waals surface area contributed by atoms with Crippen molar-refractivity contribution in [3.63, 3.8) is 0 Å². The van der Waals surface area contributed by atoms with E-state index in [0.29, 0.717) is 6.20 Å². The van der Waals surface area contributed by atoms with E-state index >= 15 is 0 Å². The van der Waals surface area contributed by atoms with Crippen LogP contribution in [-0.4, -0.2) is 10.9 Å². The zero-order chi connectivity index (χ0) is 10.9. The lowest BCUT2D eigenvalue weighted by Crippen LogP contribution is -2.15. The lowest BCUT2D eigenvalue weighted by atomic mass is 10.2. The van der Waals surface area contributed by atoms with E-state index < -0.39 is 34.4 Å². The zero-order valence-corrected chi connectivity index (χ0v) is 7.36. The van der Waals surface area contributed by atoms with Gasteiger partial charge in [-0.25, -0.2) is 18.2 Å². The average molecular weight is 225 g/mol. The van der Waals surface area contributed by atoms with Crippen molar-refractivity contribution < 1.29 is 18.0 Å². The van der Waals surface area contributed by atoms with Gasteiger partial charge < -0.3 is 5.73 Å². The van der Waals surface area contributed by atoms with E-state index in [9.17, 15) is 18.0 Å². The Morgan fingerprint density at radius 1 is 1.57 bits per heavy atom. The molecule has 0 saturated heterocycles. The van der Waals surface area contributed by atoms with Crippen LogP contribution in [0.15, 0.2) is 6.20 Å². The second-order valence-corrected chi connectivity index (χ2v) is 2.71. The molecule has 3 nitrogen and oxygen atoms in total. The van der Waals surface area contributed by atoms with Crippen LogP contribution in [-0.2, 0) is 0 Å². The number of carbonyl (C=O) groups excluding carboxylic acids is 1. The van der Waals surface area contributed by atoms with E-state index in [2.05, 4.69) is 4.98 Å². The van der Waals surface area contributed by atoms with Crippen molar-refractivity contribution in [2.24, 2.45) is 5.73 Å². The Labute approximate surface area is 81.7 Å². The summed E-state index contributed by atoms with van der Waals surface area (Å²) in [5, 5.41) is -0.678. The van der Waals surface area contributed by atoms with Crippen LogP contribution < -0.4 is 5.73 Å². The number of aromatic nitrogens is 1. The second kappa shape index (κ2) is 3.83. The predicted molar refractivity (Wildman–Crippen MR) is 42.7 cm³/mol. The lowest BCUT2D eigenvalue weighted by Gasteiger charge is -2.05. The Bertz CT molecular complexity index is 383. The first-order chi connectivity index (χ1) is 6.45. The van der Waals surface area contributed by atoms with Crippen molar-refractivity contribution in [1.29, 1.82) is 0 Å². The molecule has 76 valence electrons. The second-order valence-electron chi connectivity index (χ2n) is 2.36. The van der Waals surface area contributed by atoms with E-state index in [-0.39, 0.29) is 0 Å². The highest BCUT2D eigenvalue weighted by atomic mass is 35.5. The van der Waals surface area contributed by atoms with Gasteiger partial charge in [-0.1, -0.05) is 11.6 Å². The molecule has 0 aromatic carbocycles. The van der Waals surface area contributed by atoms with Crippen LogP contribution in [0.3, 0.4) is 0 Å². The van der Waals surface area contributed by atoms with Gasteiger partial charge in [0.1, 0.15) is 11.0 Å². The first kappa shape index (κ1) is 10.8. The van der Waals surface area contributed by atoms with Crippen molar-refractivity contribution in [2.45, 2.75) is 6.43 Å². The molecule has 1 amide bonds. The Morgan fingerprint density at radius 3 is 2.57 bits per heavy atom. The Kier molecular flexibility index (Phi) is 2.95. The van der Waals surface area contributed by atoms with Crippen molar-refractivity contribution in [3.05, 3.63) is 28.3 Å². The van der Waals surface area contributed by atoms with E-state index in [0.717, 1.165) is 0 Å². The van der Waals surface area contributed by atoms with Gasteiger partial charge >= 0.3 is 0 Å². The van der Waals surface area contributed by atoms with E-state index in [1.54, 1.807) is 0 Å². The van der Waals surface area contributed by atoms with Crippen LogP contribution in [0, 0.1) is 5.82 Å². The zero-order valence-electron chi connectivity index (χ0n) is 6.60. The number of rotatable bonds is 2. The van der Waals surface area contributed by atoms with Gasteiger partial charge in [0, 0.05) is 6.20 Å². The minimum Gasteiger partial charge on any atom is -0.365 e. The number of nitrogens with zero attached hydrogens (tertiary/aromatic N) is 1. The molecule has 0 aliphatic rings. The summed E-state index contributed by atoms with van der Waals surface area (Å²) in [6, 6.07) is 0. The van der Waals surface area contributed by atoms with E-state index in [4.69, 9.17) is 17.3 Å². The van der Waals surface area contributed by atoms with Crippen LogP contribution in [0.5, 0.6) is 0 Å². The lowest BCUT2D eigenvalue weighted by molar-refractivity contribution is 0.0994. The van der Waals surface area contributed by atoms with Gasteiger partial charge in [0.25, 0.3) is 12.3 Å². The quantitative estimate of drug-likeness (QED) is 0.780. The maximum Gasteiger partial charge on any atom is 0.269 e. The third kappa shape index (κ3) is 1.79. The number of hydrogen-bond donors (Lipinski definition) is 1. The first-order valence-corrected chi connectivity index (χ1v) is 3.74. The first-order valence-electron chi connectivity index (χ1n) is 3.37. The molecular formula is C7H4ClF3N2O. The SMILES string of the molecule is NC(=O)c1cnc(Cl)c(C(F)F)c1F. The highest BCUT2D eigenvalue weighted by molar-refractivity contribution is 6.30. The molecule has 7 heteroatoms. The number of primary amides is 1. The largest absolute Gasteiger partial charge is 0.365 e. The smallest absolute Gasteiger partial charge is 0.269 e. The number of carbonyl (C=O) groups is 1. The van der Waals surface area contributed by atoms with Gasteiger partial charge in [-0.05, 0) is 0 Å². The number of hydrogen-bond acceptors (Lipinski definition) is 2. The highest BCUT2D eigenvalue weighted by Gasteiger charge is 2.23. The maximum atomic E-state index is 13.1. The van der Waals surface area contributed by atoms with Crippen molar-refractivity contribution in [3.8, 4) is 0 Å². The maximum absolute atomic E-state index is 13.1. The number of amides is 1. The summed E-state index contributed by atoms with van der Waals surface area (Å²) in [7, 11) is 0. The van der Waals surface area contributed by atoms with Gasteiger partial charge in [0.2, 0.25) is 0 Å². The van der Waals surface area contributed by atoms with Gasteiger partial charge in [0.15, 0.2) is 0 Å². The molecular weight excluding hydrogens is 221 g/mol. The summed E-state index contributed by atoms with van der Waals surface area (Å²) in [4.78, 5) is 13.8. The molecule has 14 heavy (non-hydrogen) atoms. The van der Waals surface area contributed by atoms with Gasteiger partial charge in [0.05, 0.1) is 11.1 Å². The summed E-state index contributed by atoms with van der Waals surface area (Å²) in [5.41, 5.74) is 2.91. The highest BCUT2D eigenvalue weighted by Crippen LogP contribution is 2.29. The summed E-state index contributed by atoms with van der Waals surface area (Å²) in [6.45, 7) is 0. The standard InChI is InChI=1S/C7H4ClF3N2O/c8-5-3(6(10)11)4(9)2(1-13-5)7(12)14/h1,6H,(H2,12,14). The summed E-state index contributed by atoms with van der Waals surface area (Å²) >= 11 is 5.22. The third-order valence-corrected chi connectivity index (χ3v) is 1.79. The Hall–Kier alpha value is -1.30. The molecule has 1 rings (SSSR count). The molecule has 0 saturated carbocycles. The molecule has 0 aliphatic heterocycles. The summed E-state index contributed by atoms with van der Waals surface area (Å²) in [6.07, 6.45) is -2.43. The molecule has 0 unspecified atom stereocenters. The molecule has 0 radical (unpaired) electrons. The number of pyridine rings is 1. The van der Waals surface area contributed by atoms with Crippen LogP contribution >= 0.6 is 11.6 Å². The molecule has 0 spiro atoms. The van der Waals surface area contributed by atoms with Crippen molar-refractivity contribution in [2.75, 3.05) is 0 Å². The molecule has 1 heterocycles. The van der Waals surface area contributed by atoms with Crippen LogP contribution in [0.1, 0.15) is 22.3 Å². The molecule has 2 N–H and O–H groups in total. The summed E-state index contributed by atoms with van der Waals surface area (Å²) < 4.78 is 37.6. The number of alkyl halides is 2. The van der Waals surface area contributed by atoms with Crippen LogP contribution in [0.4, 0.5) is 13.2 Å². The average Bonchev–Trinajstić information content (AvgIpc) is 2.02. The normalized spacial score (nSPS) is 10.6. The molecule has 0 aliphatic carbocycles. The number of halogens is 4. The van der Waals surface area contributed by atoms with Crippen LogP contribution in [0.2, 0.25) is 5.15 Å². The topological polar surface area (TPSA) is 56.0 Å².